The number of rotatable bonds is 4. The molecule has 0 spiro atoms. The number of fused-ring (bicyclic) bond motifs is 2. The lowest BCUT2D eigenvalue weighted by molar-refractivity contribution is 0.0460. The Morgan fingerprint density at radius 1 is 0.852 bits per heavy atom. The third-order valence-electron chi connectivity index (χ3n) is 6.57. The second kappa shape index (κ2) is 7.10. The molecule has 2 heteroatoms. The summed E-state index contributed by atoms with van der Waals surface area (Å²) in [6.45, 7) is 11.2. The summed E-state index contributed by atoms with van der Waals surface area (Å²) in [6, 6.07) is 20.5. The Hall–Kier alpha value is -2.16. The van der Waals surface area contributed by atoms with E-state index >= 15 is 0 Å². The van der Waals surface area contributed by atoms with E-state index in [4.69, 9.17) is 0 Å². The molecule has 1 aliphatic rings. The van der Waals surface area contributed by atoms with Crippen molar-refractivity contribution >= 4 is 10.8 Å². The molecule has 2 unspecified atom stereocenters. The van der Waals surface area contributed by atoms with Crippen LogP contribution in [0.5, 0.6) is 0 Å². The Morgan fingerprint density at radius 3 is 2.11 bits per heavy atom. The van der Waals surface area contributed by atoms with Gasteiger partial charge in [-0.25, -0.2) is 0 Å². The van der Waals surface area contributed by atoms with Crippen LogP contribution in [0.25, 0.3) is 10.8 Å². The van der Waals surface area contributed by atoms with Gasteiger partial charge in [0.15, 0.2) is 0 Å². The molecule has 0 bridgehead atoms. The van der Waals surface area contributed by atoms with Crippen molar-refractivity contribution < 1.29 is 0 Å². The highest BCUT2D eigenvalue weighted by atomic mass is 15.4. The van der Waals surface area contributed by atoms with Crippen molar-refractivity contribution in [1.29, 1.82) is 0 Å². The van der Waals surface area contributed by atoms with Crippen LogP contribution in [-0.4, -0.2) is 23.0 Å². The summed E-state index contributed by atoms with van der Waals surface area (Å²) in [6.07, 6.45) is 0.381. The molecule has 0 fully saturated rings. The lowest BCUT2D eigenvalue weighted by Crippen LogP contribution is -2.43. The first-order valence-corrected chi connectivity index (χ1v) is 9.98. The minimum absolute atomic E-state index is 0.360. The first-order chi connectivity index (χ1) is 13.0. The fourth-order valence-electron chi connectivity index (χ4n) is 4.40. The zero-order valence-corrected chi connectivity index (χ0v) is 17.2. The van der Waals surface area contributed by atoms with Gasteiger partial charge in [-0.2, -0.15) is 0 Å². The Kier molecular flexibility index (Phi) is 4.79. The molecule has 3 aromatic rings. The molecule has 4 rings (SSSR count). The maximum atomic E-state index is 2.59. The van der Waals surface area contributed by atoms with Gasteiger partial charge in [-0.15, -0.1) is 0 Å². The first-order valence-electron chi connectivity index (χ1n) is 9.98. The van der Waals surface area contributed by atoms with Gasteiger partial charge in [0.25, 0.3) is 0 Å². The lowest BCUT2D eigenvalue weighted by atomic mass is 9.98. The normalized spacial score (nSPS) is 16.7. The summed E-state index contributed by atoms with van der Waals surface area (Å²) >= 11 is 0. The molecule has 0 saturated heterocycles. The van der Waals surface area contributed by atoms with Crippen molar-refractivity contribution in [3.63, 3.8) is 0 Å². The summed E-state index contributed by atoms with van der Waals surface area (Å²) < 4.78 is 0. The van der Waals surface area contributed by atoms with E-state index in [0.29, 0.717) is 12.2 Å². The van der Waals surface area contributed by atoms with Crippen LogP contribution < -0.4 is 0 Å². The van der Waals surface area contributed by atoms with Crippen LogP contribution in [0.4, 0.5) is 0 Å². The van der Waals surface area contributed by atoms with E-state index in [9.17, 15) is 0 Å². The van der Waals surface area contributed by atoms with E-state index in [2.05, 4.69) is 99.1 Å². The third-order valence-corrected chi connectivity index (χ3v) is 6.57. The van der Waals surface area contributed by atoms with Gasteiger partial charge < -0.3 is 0 Å². The van der Waals surface area contributed by atoms with Crippen molar-refractivity contribution in [2.75, 3.05) is 7.05 Å². The summed E-state index contributed by atoms with van der Waals surface area (Å²) in [5.41, 5.74) is 7.21. The SMILES string of the molecule is Cc1cc2c(cc1C)CN(C(C)N(C)C(C)c1cccc3ccccc13)C2. The van der Waals surface area contributed by atoms with Crippen LogP contribution in [-0.2, 0) is 13.1 Å². The standard InChI is InChI=1S/C25H30N2/c1-17-13-22-15-27(16-23(22)14-18(17)2)20(4)26(5)19(3)24-12-8-10-21-9-6-7-11-25(21)24/h6-14,19-20H,15-16H2,1-5H3. The Bertz CT molecular complexity index is 939. The fraction of sp³-hybridized carbons (Fsp3) is 0.360. The van der Waals surface area contributed by atoms with Gasteiger partial charge in [0.05, 0.1) is 6.17 Å². The topological polar surface area (TPSA) is 6.48 Å². The van der Waals surface area contributed by atoms with Crippen molar-refractivity contribution in [3.05, 3.63) is 82.4 Å². The number of aryl methyl sites for hydroxylation is 2. The molecule has 0 radical (unpaired) electrons. The molecule has 1 heterocycles. The number of benzene rings is 3. The maximum absolute atomic E-state index is 2.59. The predicted octanol–water partition coefficient (Wildman–Crippen LogP) is 5.81. The molecule has 27 heavy (non-hydrogen) atoms. The molecule has 0 aromatic heterocycles. The van der Waals surface area contributed by atoms with E-state index in [-0.39, 0.29) is 0 Å². The predicted molar refractivity (Wildman–Crippen MR) is 115 cm³/mol. The van der Waals surface area contributed by atoms with E-state index < -0.39 is 0 Å². The highest BCUT2D eigenvalue weighted by Crippen LogP contribution is 2.32. The molecule has 3 aromatic carbocycles. The van der Waals surface area contributed by atoms with Crippen molar-refractivity contribution in [3.8, 4) is 0 Å². The summed E-state index contributed by atoms with van der Waals surface area (Å²) in [7, 11) is 2.26. The Morgan fingerprint density at radius 2 is 1.44 bits per heavy atom. The molecule has 1 aliphatic heterocycles. The first kappa shape index (κ1) is 18.2. The maximum Gasteiger partial charge on any atom is 0.0602 e. The smallest absolute Gasteiger partial charge is 0.0602 e. The second-order valence-electron chi connectivity index (χ2n) is 8.15. The molecule has 2 atom stereocenters. The molecular formula is C25H30N2. The monoisotopic (exact) mass is 358 g/mol. The molecule has 0 saturated carbocycles. The van der Waals surface area contributed by atoms with Crippen LogP contribution in [0.2, 0.25) is 0 Å². The molecular weight excluding hydrogens is 328 g/mol. The largest absolute Gasteiger partial charge is 0.284 e. The molecule has 0 N–H and O–H groups in total. The summed E-state index contributed by atoms with van der Waals surface area (Å²) in [4.78, 5) is 5.10. The third kappa shape index (κ3) is 3.28. The van der Waals surface area contributed by atoms with Gasteiger partial charge in [-0.1, -0.05) is 54.6 Å². The second-order valence-corrected chi connectivity index (χ2v) is 8.15. The summed E-state index contributed by atoms with van der Waals surface area (Å²) in [5.74, 6) is 0. The van der Waals surface area contributed by atoms with Crippen molar-refractivity contribution in [2.24, 2.45) is 0 Å². The fourth-order valence-corrected chi connectivity index (χ4v) is 4.40. The average molecular weight is 359 g/mol. The molecule has 0 amide bonds. The molecule has 140 valence electrons. The van der Waals surface area contributed by atoms with Gasteiger partial charge in [0, 0.05) is 19.1 Å². The zero-order chi connectivity index (χ0) is 19.1. The lowest BCUT2D eigenvalue weighted by Gasteiger charge is -2.37. The van der Waals surface area contributed by atoms with Gasteiger partial charge in [0.1, 0.15) is 0 Å². The summed E-state index contributed by atoms with van der Waals surface area (Å²) in [5, 5.41) is 2.69. The van der Waals surface area contributed by atoms with Crippen LogP contribution in [0, 0.1) is 13.8 Å². The highest BCUT2D eigenvalue weighted by molar-refractivity contribution is 5.86. The van der Waals surface area contributed by atoms with Gasteiger partial charge in [0.2, 0.25) is 0 Å². The zero-order valence-electron chi connectivity index (χ0n) is 17.2. The molecule has 2 nitrogen and oxygen atoms in total. The van der Waals surface area contributed by atoms with E-state index in [1.54, 1.807) is 0 Å². The van der Waals surface area contributed by atoms with Gasteiger partial charge >= 0.3 is 0 Å². The number of hydrogen-bond acceptors (Lipinski definition) is 2. The Balaban J connectivity index is 1.56. The van der Waals surface area contributed by atoms with Crippen LogP contribution in [0.1, 0.15) is 47.7 Å². The molecule has 0 aliphatic carbocycles. The quantitative estimate of drug-likeness (QED) is 0.580. The minimum Gasteiger partial charge on any atom is -0.284 e. The van der Waals surface area contributed by atoms with Gasteiger partial charge in [-0.05, 0) is 73.3 Å². The Labute approximate surface area is 163 Å². The number of hydrogen-bond donors (Lipinski definition) is 0. The number of nitrogens with zero attached hydrogens (tertiary/aromatic N) is 2. The highest BCUT2D eigenvalue weighted by Gasteiger charge is 2.28. The van der Waals surface area contributed by atoms with E-state index in [0.717, 1.165) is 13.1 Å². The van der Waals surface area contributed by atoms with E-state index in [1.807, 2.05) is 0 Å². The van der Waals surface area contributed by atoms with Crippen molar-refractivity contribution in [1.82, 2.24) is 9.80 Å². The van der Waals surface area contributed by atoms with Crippen LogP contribution in [0.3, 0.4) is 0 Å². The van der Waals surface area contributed by atoms with E-state index in [1.165, 1.54) is 38.6 Å². The minimum atomic E-state index is 0.360. The van der Waals surface area contributed by atoms with Gasteiger partial charge in [-0.3, -0.25) is 9.80 Å². The average Bonchev–Trinajstić information content (AvgIpc) is 3.08. The van der Waals surface area contributed by atoms with Crippen LogP contribution >= 0.6 is 0 Å². The van der Waals surface area contributed by atoms with Crippen LogP contribution in [0.15, 0.2) is 54.6 Å². The van der Waals surface area contributed by atoms with Crippen molar-refractivity contribution in [2.45, 2.75) is 53.0 Å².